The van der Waals surface area contributed by atoms with E-state index in [1.165, 1.54) is 12.1 Å². The summed E-state index contributed by atoms with van der Waals surface area (Å²) < 4.78 is 50.8. The van der Waals surface area contributed by atoms with E-state index >= 15 is 0 Å². The van der Waals surface area contributed by atoms with Gasteiger partial charge in [0.05, 0.1) is 40.0 Å². The number of amides is 1. The molecule has 2 heterocycles. The predicted octanol–water partition coefficient (Wildman–Crippen LogP) is 3.91. The van der Waals surface area contributed by atoms with Crippen LogP contribution in [0.3, 0.4) is 0 Å². The van der Waals surface area contributed by atoms with Crippen LogP contribution in [-0.4, -0.2) is 48.7 Å². The number of non-ortho nitro benzene ring substituents is 1. The Morgan fingerprint density at radius 3 is 2.79 bits per heavy atom. The molecule has 1 aliphatic heterocycles. The van der Waals surface area contributed by atoms with E-state index in [2.05, 4.69) is 15.6 Å². The van der Waals surface area contributed by atoms with Gasteiger partial charge in [-0.2, -0.15) is 13.2 Å². The number of carbonyl (C=O) groups excluding carboxylic acids is 1. The number of alkyl halides is 3. The van der Waals surface area contributed by atoms with Gasteiger partial charge in [0, 0.05) is 37.8 Å². The first-order valence-electron chi connectivity index (χ1n) is 10.4. The lowest BCUT2D eigenvalue weighted by atomic mass is 10.1. The van der Waals surface area contributed by atoms with Crippen molar-refractivity contribution in [1.82, 2.24) is 15.6 Å². The Kier molecular flexibility index (Phi) is 8.64. The summed E-state index contributed by atoms with van der Waals surface area (Å²) in [6.07, 6.45) is -4.30. The van der Waals surface area contributed by atoms with E-state index in [1.807, 2.05) is 0 Å². The summed E-state index contributed by atoms with van der Waals surface area (Å²) in [6, 6.07) is 5.35. The molecule has 1 aliphatic rings. The monoisotopic (exact) mass is 502 g/mol. The number of nitro benzene ring substituents is 1. The van der Waals surface area contributed by atoms with E-state index < -0.39 is 28.7 Å². The number of pyridine rings is 1. The second-order valence-corrected chi connectivity index (χ2v) is 7.82. The van der Waals surface area contributed by atoms with E-state index in [9.17, 15) is 28.1 Å². The normalized spacial score (nSPS) is 16.2. The Hall–Kier alpha value is -2.96. The molecule has 0 saturated carbocycles. The maximum atomic E-state index is 13.3. The Labute approximate surface area is 197 Å². The van der Waals surface area contributed by atoms with Crippen LogP contribution in [0.2, 0.25) is 5.02 Å². The third kappa shape index (κ3) is 7.02. The van der Waals surface area contributed by atoms with Crippen molar-refractivity contribution in [2.24, 2.45) is 0 Å². The lowest BCUT2D eigenvalue weighted by Crippen LogP contribution is -2.34. The smallest absolute Gasteiger partial charge is 0.416 e. The van der Waals surface area contributed by atoms with Gasteiger partial charge in [0.15, 0.2) is 0 Å². The highest BCUT2D eigenvalue weighted by molar-refractivity contribution is 6.33. The summed E-state index contributed by atoms with van der Waals surface area (Å²) in [5, 5.41) is 16.6. The molecular weight excluding hydrogens is 481 g/mol. The topological polar surface area (TPSA) is 116 Å². The Morgan fingerprint density at radius 2 is 2.12 bits per heavy atom. The lowest BCUT2D eigenvalue weighted by Gasteiger charge is -2.24. The molecule has 1 amide bonds. The van der Waals surface area contributed by atoms with Crippen LogP contribution in [-0.2, 0) is 10.9 Å². The van der Waals surface area contributed by atoms with Crippen molar-refractivity contribution in [3.05, 3.63) is 62.3 Å². The zero-order valence-corrected chi connectivity index (χ0v) is 18.6. The highest BCUT2D eigenvalue weighted by atomic mass is 35.5. The molecule has 13 heteroatoms. The first-order valence-corrected chi connectivity index (χ1v) is 10.8. The standard InChI is InChI=1S/C21H22ClF3N4O5/c22-16-4-3-14(29(31)32)11-15(16)20(30)27-5-1-2-7-34-19-10-13(21(23,24)25)9-17(28-19)18-12-26-6-8-33-18/h3-4,9-11,18,26H,1-2,5-8,12H2,(H,27,30). The van der Waals surface area contributed by atoms with Gasteiger partial charge in [-0.15, -0.1) is 0 Å². The molecular formula is C21H22ClF3N4O5. The fraction of sp³-hybridized carbons (Fsp3) is 0.429. The van der Waals surface area contributed by atoms with E-state index in [0.29, 0.717) is 32.5 Å². The molecule has 1 saturated heterocycles. The van der Waals surface area contributed by atoms with Crippen molar-refractivity contribution in [3.8, 4) is 5.88 Å². The molecule has 1 atom stereocenters. The zero-order chi connectivity index (χ0) is 24.7. The van der Waals surface area contributed by atoms with E-state index in [-0.39, 0.29) is 41.0 Å². The van der Waals surface area contributed by atoms with Crippen LogP contribution in [0, 0.1) is 10.1 Å². The fourth-order valence-electron chi connectivity index (χ4n) is 3.19. The number of nitro groups is 1. The van der Waals surface area contributed by atoms with Gasteiger partial charge in [-0.3, -0.25) is 14.9 Å². The summed E-state index contributed by atoms with van der Waals surface area (Å²) in [7, 11) is 0. The third-order valence-corrected chi connectivity index (χ3v) is 5.25. The molecule has 0 aliphatic carbocycles. The summed E-state index contributed by atoms with van der Waals surface area (Å²) in [6.45, 7) is 1.62. The van der Waals surface area contributed by atoms with Crippen LogP contribution in [0.1, 0.15) is 40.6 Å². The van der Waals surface area contributed by atoms with Crippen molar-refractivity contribution in [2.45, 2.75) is 25.1 Å². The van der Waals surface area contributed by atoms with Crippen LogP contribution < -0.4 is 15.4 Å². The third-order valence-electron chi connectivity index (χ3n) is 4.92. The minimum atomic E-state index is -4.56. The zero-order valence-electron chi connectivity index (χ0n) is 17.9. The van der Waals surface area contributed by atoms with Crippen LogP contribution in [0.4, 0.5) is 18.9 Å². The van der Waals surface area contributed by atoms with E-state index in [0.717, 1.165) is 18.2 Å². The number of aromatic nitrogens is 1. The van der Waals surface area contributed by atoms with Crippen LogP contribution >= 0.6 is 11.6 Å². The van der Waals surface area contributed by atoms with Crippen molar-refractivity contribution >= 4 is 23.2 Å². The molecule has 184 valence electrons. The Bertz CT molecular complexity index is 1030. The quantitative estimate of drug-likeness (QED) is 0.303. The van der Waals surface area contributed by atoms with Gasteiger partial charge in [-0.1, -0.05) is 11.6 Å². The predicted molar refractivity (Wildman–Crippen MR) is 116 cm³/mol. The van der Waals surface area contributed by atoms with E-state index in [4.69, 9.17) is 21.1 Å². The number of hydrogen-bond donors (Lipinski definition) is 2. The molecule has 0 spiro atoms. The molecule has 9 nitrogen and oxygen atoms in total. The number of nitrogens with one attached hydrogen (secondary N) is 2. The first kappa shape index (κ1) is 25.7. The van der Waals surface area contributed by atoms with Gasteiger partial charge in [-0.25, -0.2) is 4.98 Å². The molecule has 0 radical (unpaired) electrons. The average Bonchev–Trinajstić information content (AvgIpc) is 2.81. The number of ether oxygens (including phenoxy) is 2. The summed E-state index contributed by atoms with van der Waals surface area (Å²) in [5.41, 5.74) is -1.02. The van der Waals surface area contributed by atoms with Gasteiger partial charge in [-0.05, 0) is 25.0 Å². The van der Waals surface area contributed by atoms with Crippen LogP contribution in [0.5, 0.6) is 5.88 Å². The highest BCUT2D eigenvalue weighted by Gasteiger charge is 2.33. The highest BCUT2D eigenvalue weighted by Crippen LogP contribution is 2.33. The number of unbranched alkanes of at least 4 members (excludes halogenated alkanes) is 1. The number of hydrogen-bond acceptors (Lipinski definition) is 7. The molecule has 2 N–H and O–H groups in total. The Morgan fingerprint density at radius 1 is 1.32 bits per heavy atom. The Balaban J connectivity index is 1.51. The van der Waals surface area contributed by atoms with Gasteiger partial charge in [0.25, 0.3) is 11.6 Å². The molecule has 1 aromatic heterocycles. The number of halogens is 4. The van der Waals surface area contributed by atoms with Crippen molar-refractivity contribution in [2.75, 3.05) is 32.8 Å². The van der Waals surface area contributed by atoms with Gasteiger partial charge in [0.1, 0.15) is 6.10 Å². The fourth-order valence-corrected chi connectivity index (χ4v) is 3.39. The number of morpholine rings is 1. The van der Waals surface area contributed by atoms with Crippen molar-refractivity contribution < 1.29 is 32.4 Å². The number of carbonyl (C=O) groups is 1. The summed E-state index contributed by atoms with van der Waals surface area (Å²) in [4.78, 5) is 26.6. The van der Waals surface area contributed by atoms with Gasteiger partial charge in [0.2, 0.25) is 5.88 Å². The number of rotatable bonds is 9. The molecule has 1 aromatic carbocycles. The van der Waals surface area contributed by atoms with Crippen molar-refractivity contribution in [3.63, 3.8) is 0 Å². The molecule has 0 bridgehead atoms. The molecule has 1 fully saturated rings. The number of benzene rings is 1. The summed E-state index contributed by atoms with van der Waals surface area (Å²) >= 11 is 5.94. The minimum absolute atomic E-state index is 0.0211. The van der Waals surface area contributed by atoms with Crippen molar-refractivity contribution in [1.29, 1.82) is 0 Å². The summed E-state index contributed by atoms with van der Waals surface area (Å²) in [5.74, 6) is -0.730. The SMILES string of the molecule is O=C(NCCCCOc1cc(C(F)(F)F)cc(C2CNCCO2)n1)c1cc([N+](=O)[O-])ccc1Cl. The van der Waals surface area contributed by atoms with Crippen LogP contribution in [0.25, 0.3) is 0 Å². The maximum Gasteiger partial charge on any atom is 0.416 e. The second kappa shape index (κ2) is 11.4. The molecule has 1 unspecified atom stereocenters. The second-order valence-electron chi connectivity index (χ2n) is 7.41. The number of nitrogens with zero attached hydrogens (tertiary/aromatic N) is 2. The molecule has 34 heavy (non-hydrogen) atoms. The lowest BCUT2D eigenvalue weighted by molar-refractivity contribution is -0.384. The van der Waals surface area contributed by atoms with Gasteiger partial charge < -0.3 is 20.1 Å². The van der Waals surface area contributed by atoms with Crippen LogP contribution in [0.15, 0.2) is 30.3 Å². The molecule has 2 aromatic rings. The first-order chi connectivity index (χ1) is 16.1. The molecule has 3 rings (SSSR count). The minimum Gasteiger partial charge on any atom is -0.478 e. The maximum absolute atomic E-state index is 13.3. The largest absolute Gasteiger partial charge is 0.478 e. The van der Waals surface area contributed by atoms with Gasteiger partial charge >= 0.3 is 6.18 Å². The van der Waals surface area contributed by atoms with E-state index in [1.54, 1.807) is 0 Å². The average molecular weight is 503 g/mol.